The number of para-hydroxylation sites is 2. The Morgan fingerprint density at radius 2 is 1.45 bits per heavy atom. The van der Waals surface area contributed by atoms with Crippen LogP contribution in [-0.4, -0.2) is 18.4 Å². The molecule has 2 amide bonds. The quantitative estimate of drug-likeness (QED) is 0.590. The van der Waals surface area contributed by atoms with Gasteiger partial charge in [-0.15, -0.1) is 0 Å². The summed E-state index contributed by atoms with van der Waals surface area (Å²) < 4.78 is 5.68. The molecule has 0 aliphatic carbocycles. The van der Waals surface area contributed by atoms with E-state index in [1.54, 1.807) is 24.3 Å². The molecule has 0 unspecified atom stereocenters. The highest BCUT2D eigenvalue weighted by molar-refractivity contribution is 6.05. The zero-order chi connectivity index (χ0) is 20.5. The minimum Gasteiger partial charge on any atom is -0.491 e. The third-order valence-corrected chi connectivity index (χ3v) is 4.30. The van der Waals surface area contributed by atoms with Crippen LogP contribution in [0.3, 0.4) is 0 Å². The van der Waals surface area contributed by atoms with Crippen molar-refractivity contribution in [3.63, 3.8) is 0 Å². The number of carbonyl (C=O) groups is 2. The van der Waals surface area contributed by atoms with Gasteiger partial charge in [0.15, 0.2) is 0 Å². The highest BCUT2D eigenvalue weighted by Gasteiger charge is 2.10. The minimum atomic E-state index is -0.211. The molecule has 0 aliphatic heterocycles. The lowest BCUT2D eigenvalue weighted by Gasteiger charge is -2.12. The van der Waals surface area contributed by atoms with Crippen molar-refractivity contribution in [3.05, 3.63) is 95.6 Å². The molecule has 3 aromatic rings. The largest absolute Gasteiger partial charge is 0.491 e. The summed E-state index contributed by atoms with van der Waals surface area (Å²) in [6.07, 6.45) is 0.893. The predicted molar refractivity (Wildman–Crippen MR) is 114 cm³/mol. The van der Waals surface area contributed by atoms with Crippen molar-refractivity contribution in [1.82, 2.24) is 5.32 Å². The van der Waals surface area contributed by atoms with Crippen molar-refractivity contribution in [3.8, 4) is 5.75 Å². The van der Waals surface area contributed by atoms with E-state index in [1.807, 2.05) is 61.5 Å². The van der Waals surface area contributed by atoms with Crippen LogP contribution in [0.1, 0.15) is 39.6 Å². The van der Waals surface area contributed by atoms with E-state index in [2.05, 4.69) is 10.6 Å². The van der Waals surface area contributed by atoms with Gasteiger partial charge in [-0.3, -0.25) is 9.59 Å². The van der Waals surface area contributed by atoms with Crippen LogP contribution >= 0.6 is 0 Å². The molecule has 0 aliphatic rings. The van der Waals surface area contributed by atoms with Gasteiger partial charge in [-0.05, 0) is 48.4 Å². The minimum absolute atomic E-state index is 0.129. The smallest absolute Gasteiger partial charge is 0.255 e. The Labute approximate surface area is 170 Å². The third kappa shape index (κ3) is 5.69. The number of benzene rings is 3. The summed E-state index contributed by atoms with van der Waals surface area (Å²) >= 11 is 0. The van der Waals surface area contributed by atoms with Crippen LogP contribution in [0.4, 0.5) is 5.69 Å². The van der Waals surface area contributed by atoms with E-state index in [0.717, 1.165) is 12.0 Å². The second kappa shape index (κ2) is 10.1. The Balaban J connectivity index is 1.58. The van der Waals surface area contributed by atoms with Crippen LogP contribution < -0.4 is 15.4 Å². The molecule has 0 bridgehead atoms. The zero-order valence-corrected chi connectivity index (χ0v) is 16.4. The lowest BCUT2D eigenvalue weighted by atomic mass is 10.1. The number of amides is 2. The van der Waals surface area contributed by atoms with Crippen LogP contribution in [0.15, 0.2) is 78.9 Å². The molecule has 3 aromatic carbocycles. The third-order valence-electron chi connectivity index (χ3n) is 4.30. The summed E-state index contributed by atoms with van der Waals surface area (Å²) in [5, 5.41) is 5.77. The Bertz CT molecular complexity index is 953. The van der Waals surface area contributed by atoms with Gasteiger partial charge in [0.1, 0.15) is 5.75 Å². The SMILES string of the molecule is CCCOc1ccccc1NC(=O)c1ccc(CNC(=O)c2ccccc2)cc1. The normalized spacial score (nSPS) is 10.2. The average molecular weight is 388 g/mol. The Hall–Kier alpha value is -3.60. The number of rotatable bonds is 8. The first-order valence-corrected chi connectivity index (χ1v) is 9.62. The molecular formula is C24H24N2O3. The molecule has 5 nitrogen and oxygen atoms in total. The van der Waals surface area contributed by atoms with Gasteiger partial charge in [-0.1, -0.05) is 49.4 Å². The molecular weight excluding hydrogens is 364 g/mol. The van der Waals surface area contributed by atoms with E-state index >= 15 is 0 Å². The standard InChI is InChI=1S/C24H24N2O3/c1-2-16-29-22-11-7-6-10-21(22)26-24(28)20-14-12-18(13-15-20)17-25-23(27)19-8-4-3-5-9-19/h3-15H,2,16-17H2,1H3,(H,25,27)(H,26,28). The molecule has 0 heterocycles. The van der Waals surface area contributed by atoms with Crippen LogP contribution in [0.2, 0.25) is 0 Å². The first kappa shape index (κ1) is 20.1. The van der Waals surface area contributed by atoms with Crippen molar-refractivity contribution in [2.45, 2.75) is 19.9 Å². The number of nitrogens with one attached hydrogen (secondary N) is 2. The molecule has 3 rings (SSSR count). The number of carbonyl (C=O) groups excluding carboxylic acids is 2. The van der Waals surface area contributed by atoms with Crippen molar-refractivity contribution < 1.29 is 14.3 Å². The fraction of sp³-hybridized carbons (Fsp3) is 0.167. The number of hydrogen-bond acceptors (Lipinski definition) is 3. The molecule has 0 saturated heterocycles. The van der Waals surface area contributed by atoms with Gasteiger partial charge >= 0.3 is 0 Å². The Morgan fingerprint density at radius 1 is 0.793 bits per heavy atom. The maximum Gasteiger partial charge on any atom is 0.255 e. The first-order valence-electron chi connectivity index (χ1n) is 9.62. The van der Waals surface area contributed by atoms with E-state index in [4.69, 9.17) is 4.74 Å². The molecule has 5 heteroatoms. The van der Waals surface area contributed by atoms with E-state index in [-0.39, 0.29) is 11.8 Å². The zero-order valence-electron chi connectivity index (χ0n) is 16.4. The molecule has 0 saturated carbocycles. The average Bonchev–Trinajstić information content (AvgIpc) is 2.77. The lowest BCUT2D eigenvalue weighted by molar-refractivity contribution is 0.0949. The fourth-order valence-corrected chi connectivity index (χ4v) is 2.75. The Morgan fingerprint density at radius 3 is 2.17 bits per heavy atom. The van der Waals surface area contributed by atoms with Crippen molar-refractivity contribution in [2.75, 3.05) is 11.9 Å². The summed E-state index contributed by atoms with van der Waals surface area (Å²) in [4.78, 5) is 24.7. The molecule has 148 valence electrons. The van der Waals surface area contributed by atoms with Crippen LogP contribution in [0.5, 0.6) is 5.75 Å². The van der Waals surface area contributed by atoms with Gasteiger partial charge in [0.2, 0.25) is 0 Å². The summed E-state index contributed by atoms with van der Waals surface area (Å²) in [5.74, 6) is 0.316. The monoisotopic (exact) mass is 388 g/mol. The highest BCUT2D eigenvalue weighted by Crippen LogP contribution is 2.24. The topological polar surface area (TPSA) is 67.4 Å². The molecule has 2 N–H and O–H groups in total. The first-order chi connectivity index (χ1) is 14.2. The summed E-state index contributed by atoms with van der Waals surface area (Å²) in [7, 11) is 0. The van der Waals surface area contributed by atoms with E-state index < -0.39 is 0 Å². The maximum atomic E-state index is 12.6. The Kier molecular flexibility index (Phi) is 7.00. The van der Waals surface area contributed by atoms with Gasteiger partial charge < -0.3 is 15.4 Å². The van der Waals surface area contributed by atoms with Crippen LogP contribution in [0.25, 0.3) is 0 Å². The number of hydrogen-bond donors (Lipinski definition) is 2. The fourth-order valence-electron chi connectivity index (χ4n) is 2.75. The van der Waals surface area contributed by atoms with Crippen molar-refractivity contribution in [1.29, 1.82) is 0 Å². The van der Waals surface area contributed by atoms with Crippen molar-refractivity contribution in [2.24, 2.45) is 0 Å². The molecule has 0 radical (unpaired) electrons. The molecule has 0 atom stereocenters. The van der Waals surface area contributed by atoms with E-state index in [9.17, 15) is 9.59 Å². The molecule has 0 aromatic heterocycles. The van der Waals surface area contributed by atoms with Gasteiger partial charge in [0.25, 0.3) is 11.8 Å². The van der Waals surface area contributed by atoms with Gasteiger partial charge in [0.05, 0.1) is 12.3 Å². The van der Waals surface area contributed by atoms with Gasteiger partial charge in [-0.25, -0.2) is 0 Å². The van der Waals surface area contributed by atoms with Crippen LogP contribution in [0, 0.1) is 0 Å². The molecule has 29 heavy (non-hydrogen) atoms. The lowest BCUT2D eigenvalue weighted by Crippen LogP contribution is -2.22. The maximum absolute atomic E-state index is 12.6. The molecule has 0 spiro atoms. The predicted octanol–water partition coefficient (Wildman–Crippen LogP) is 4.66. The second-order valence-corrected chi connectivity index (χ2v) is 6.54. The van der Waals surface area contributed by atoms with Gasteiger partial charge in [0, 0.05) is 17.7 Å². The van der Waals surface area contributed by atoms with E-state index in [1.165, 1.54) is 0 Å². The number of anilines is 1. The summed E-state index contributed by atoms with van der Waals surface area (Å²) in [6, 6.07) is 23.6. The van der Waals surface area contributed by atoms with E-state index in [0.29, 0.717) is 35.7 Å². The van der Waals surface area contributed by atoms with Crippen LogP contribution in [-0.2, 0) is 6.54 Å². The van der Waals surface area contributed by atoms with Gasteiger partial charge in [-0.2, -0.15) is 0 Å². The molecule has 0 fully saturated rings. The summed E-state index contributed by atoms with van der Waals surface area (Å²) in [5.41, 5.74) is 2.71. The van der Waals surface area contributed by atoms with Crippen molar-refractivity contribution >= 4 is 17.5 Å². The number of ether oxygens (including phenoxy) is 1. The summed E-state index contributed by atoms with van der Waals surface area (Å²) in [6.45, 7) is 3.02. The second-order valence-electron chi connectivity index (χ2n) is 6.54. The highest BCUT2D eigenvalue weighted by atomic mass is 16.5.